The highest BCUT2D eigenvalue weighted by molar-refractivity contribution is 5.95. The lowest BCUT2D eigenvalue weighted by atomic mass is 10.1. The molecule has 1 aliphatic heterocycles. The van der Waals surface area contributed by atoms with Crippen LogP contribution in [-0.4, -0.2) is 39.4 Å². The molecule has 0 atom stereocenters. The summed E-state index contributed by atoms with van der Waals surface area (Å²) in [5.74, 6) is 6.67. The van der Waals surface area contributed by atoms with Crippen molar-refractivity contribution in [2.24, 2.45) is 0 Å². The molecule has 0 bridgehead atoms. The second kappa shape index (κ2) is 7.34. The van der Waals surface area contributed by atoms with Crippen LogP contribution in [0.3, 0.4) is 0 Å². The van der Waals surface area contributed by atoms with Gasteiger partial charge in [-0.15, -0.1) is 0 Å². The number of carbonyl (C=O) groups is 1. The van der Waals surface area contributed by atoms with Crippen molar-refractivity contribution in [2.75, 3.05) is 13.7 Å². The van der Waals surface area contributed by atoms with E-state index in [4.69, 9.17) is 4.74 Å². The van der Waals surface area contributed by atoms with E-state index in [0.29, 0.717) is 35.7 Å². The number of pyridine rings is 1. The van der Waals surface area contributed by atoms with Crippen LogP contribution in [0.25, 0.3) is 0 Å². The Morgan fingerprint density at radius 1 is 1.22 bits per heavy atom. The average Bonchev–Trinajstić information content (AvgIpc) is 3.20. The fourth-order valence-electron chi connectivity index (χ4n) is 3.07. The molecular formula is C21H18N4O2. The SMILES string of the molecule is COc1ccc(C(=O)N2CCc3[nH]cnc3C2)cc1C#Cc1ccccn1. The van der Waals surface area contributed by atoms with Gasteiger partial charge in [0.05, 0.1) is 31.2 Å². The Morgan fingerprint density at radius 3 is 2.96 bits per heavy atom. The highest BCUT2D eigenvalue weighted by Gasteiger charge is 2.23. The fraction of sp³-hybridized carbons (Fsp3) is 0.190. The van der Waals surface area contributed by atoms with Crippen LogP contribution in [0.4, 0.5) is 0 Å². The van der Waals surface area contributed by atoms with E-state index in [-0.39, 0.29) is 5.91 Å². The maximum atomic E-state index is 12.9. The summed E-state index contributed by atoms with van der Waals surface area (Å²) >= 11 is 0. The van der Waals surface area contributed by atoms with Crippen LogP contribution in [0.2, 0.25) is 0 Å². The molecule has 27 heavy (non-hydrogen) atoms. The Hall–Kier alpha value is -3.59. The zero-order valence-corrected chi connectivity index (χ0v) is 14.9. The van der Waals surface area contributed by atoms with Crippen LogP contribution in [-0.2, 0) is 13.0 Å². The highest BCUT2D eigenvalue weighted by atomic mass is 16.5. The summed E-state index contributed by atoms with van der Waals surface area (Å²) in [6.45, 7) is 1.17. The number of H-pyrrole nitrogens is 1. The van der Waals surface area contributed by atoms with Crippen molar-refractivity contribution < 1.29 is 9.53 Å². The first-order valence-corrected chi connectivity index (χ1v) is 8.66. The molecule has 0 unspecified atom stereocenters. The second-order valence-corrected chi connectivity index (χ2v) is 6.18. The summed E-state index contributed by atoms with van der Waals surface area (Å²) in [5, 5.41) is 0. The van der Waals surface area contributed by atoms with Crippen molar-refractivity contribution in [3.05, 3.63) is 77.1 Å². The van der Waals surface area contributed by atoms with Gasteiger partial charge in [0.2, 0.25) is 0 Å². The number of methoxy groups -OCH3 is 1. The van der Waals surface area contributed by atoms with Crippen molar-refractivity contribution >= 4 is 5.91 Å². The molecular weight excluding hydrogens is 340 g/mol. The number of rotatable bonds is 2. The minimum Gasteiger partial charge on any atom is -0.495 e. The Morgan fingerprint density at radius 2 is 2.15 bits per heavy atom. The third kappa shape index (κ3) is 3.53. The van der Waals surface area contributed by atoms with Crippen molar-refractivity contribution in [1.82, 2.24) is 19.9 Å². The predicted octanol–water partition coefficient (Wildman–Crippen LogP) is 2.41. The number of aromatic nitrogens is 3. The van der Waals surface area contributed by atoms with Crippen LogP contribution in [0.1, 0.15) is 33.0 Å². The number of nitrogens with zero attached hydrogens (tertiary/aromatic N) is 3. The Balaban J connectivity index is 1.61. The number of hydrogen-bond acceptors (Lipinski definition) is 4. The first-order valence-electron chi connectivity index (χ1n) is 8.66. The minimum absolute atomic E-state index is 0.0350. The summed E-state index contributed by atoms with van der Waals surface area (Å²) < 4.78 is 5.39. The first kappa shape index (κ1) is 16.9. The molecule has 0 aliphatic carbocycles. The number of fused-ring (bicyclic) bond motifs is 1. The number of amides is 1. The van der Waals surface area contributed by atoms with Gasteiger partial charge in [-0.05, 0) is 36.3 Å². The van der Waals surface area contributed by atoms with Gasteiger partial charge in [0.25, 0.3) is 5.91 Å². The second-order valence-electron chi connectivity index (χ2n) is 6.18. The van der Waals surface area contributed by atoms with E-state index < -0.39 is 0 Å². The number of carbonyl (C=O) groups excluding carboxylic acids is 1. The molecule has 4 rings (SSSR count). The van der Waals surface area contributed by atoms with E-state index in [0.717, 1.165) is 17.8 Å². The molecule has 6 nitrogen and oxygen atoms in total. The summed E-state index contributed by atoms with van der Waals surface area (Å²) in [7, 11) is 1.59. The molecule has 6 heteroatoms. The van der Waals surface area contributed by atoms with Gasteiger partial charge in [-0.1, -0.05) is 12.0 Å². The lowest BCUT2D eigenvalue weighted by Gasteiger charge is -2.26. The number of nitrogens with one attached hydrogen (secondary N) is 1. The smallest absolute Gasteiger partial charge is 0.254 e. The van der Waals surface area contributed by atoms with Crippen LogP contribution in [0.5, 0.6) is 5.75 Å². The molecule has 0 saturated heterocycles. The van der Waals surface area contributed by atoms with Gasteiger partial charge in [0, 0.05) is 30.4 Å². The van der Waals surface area contributed by atoms with Crippen molar-refractivity contribution in [3.8, 4) is 17.6 Å². The number of hydrogen-bond donors (Lipinski definition) is 1. The molecule has 1 aromatic carbocycles. The maximum Gasteiger partial charge on any atom is 0.254 e. The Kier molecular flexibility index (Phi) is 4.58. The van der Waals surface area contributed by atoms with Crippen LogP contribution in [0, 0.1) is 11.8 Å². The van der Waals surface area contributed by atoms with Crippen molar-refractivity contribution in [1.29, 1.82) is 0 Å². The minimum atomic E-state index is -0.0350. The van der Waals surface area contributed by atoms with Gasteiger partial charge in [-0.2, -0.15) is 0 Å². The maximum absolute atomic E-state index is 12.9. The first-order chi connectivity index (χ1) is 13.2. The predicted molar refractivity (Wildman–Crippen MR) is 100 cm³/mol. The third-order valence-electron chi connectivity index (χ3n) is 4.50. The topological polar surface area (TPSA) is 71.1 Å². The van der Waals surface area contributed by atoms with Gasteiger partial charge in [0.15, 0.2) is 0 Å². The average molecular weight is 358 g/mol. The quantitative estimate of drug-likeness (QED) is 0.714. The molecule has 0 spiro atoms. The van der Waals surface area contributed by atoms with Gasteiger partial charge in [-0.25, -0.2) is 9.97 Å². The van der Waals surface area contributed by atoms with Crippen molar-refractivity contribution in [2.45, 2.75) is 13.0 Å². The van der Waals surface area contributed by atoms with Gasteiger partial charge < -0.3 is 14.6 Å². The van der Waals surface area contributed by atoms with E-state index in [2.05, 4.69) is 26.8 Å². The standard InChI is InChI=1S/C21H18N4O2/c1-27-20-8-6-16(12-15(20)5-7-17-4-2-3-10-22-17)21(26)25-11-9-18-19(13-25)24-14-23-18/h2-4,6,8,10,12,14H,9,11,13H2,1H3,(H,23,24). The molecule has 0 radical (unpaired) electrons. The lowest BCUT2D eigenvalue weighted by Crippen LogP contribution is -2.36. The van der Waals surface area contributed by atoms with Gasteiger partial charge in [0.1, 0.15) is 11.4 Å². The number of benzene rings is 1. The molecule has 1 amide bonds. The van der Waals surface area contributed by atoms with E-state index in [1.54, 1.807) is 42.7 Å². The monoisotopic (exact) mass is 358 g/mol. The molecule has 0 saturated carbocycles. The summed E-state index contributed by atoms with van der Waals surface area (Å²) in [6.07, 6.45) is 4.15. The Bertz CT molecular complexity index is 1030. The van der Waals surface area contributed by atoms with E-state index >= 15 is 0 Å². The number of ether oxygens (including phenoxy) is 1. The summed E-state index contributed by atoms with van der Waals surface area (Å²) in [6, 6.07) is 10.9. The molecule has 2 aromatic heterocycles. The number of aromatic amines is 1. The number of imidazole rings is 1. The third-order valence-corrected chi connectivity index (χ3v) is 4.50. The van der Waals surface area contributed by atoms with E-state index in [1.165, 1.54) is 0 Å². The van der Waals surface area contributed by atoms with Crippen LogP contribution >= 0.6 is 0 Å². The highest BCUT2D eigenvalue weighted by Crippen LogP contribution is 2.22. The van der Waals surface area contributed by atoms with E-state index in [9.17, 15) is 4.79 Å². The molecule has 1 aliphatic rings. The fourth-order valence-corrected chi connectivity index (χ4v) is 3.07. The van der Waals surface area contributed by atoms with Crippen LogP contribution in [0.15, 0.2) is 48.9 Å². The molecule has 3 heterocycles. The van der Waals surface area contributed by atoms with E-state index in [1.807, 2.05) is 18.2 Å². The molecule has 0 fully saturated rings. The lowest BCUT2D eigenvalue weighted by molar-refractivity contribution is 0.0732. The molecule has 134 valence electrons. The largest absolute Gasteiger partial charge is 0.495 e. The molecule has 3 aromatic rings. The zero-order valence-electron chi connectivity index (χ0n) is 14.9. The van der Waals surface area contributed by atoms with Crippen LogP contribution < -0.4 is 4.74 Å². The Labute approximate surface area is 157 Å². The summed E-state index contributed by atoms with van der Waals surface area (Å²) in [4.78, 5) is 26.4. The molecule has 1 N–H and O–H groups in total. The van der Waals surface area contributed by atoms with Gasteiger partial charge in [-0.3, -0.25) is 4.79 Å². The zero-order chi connectivity index (χ0) is 18.6. The van der Waals surface area contributed by atoms with Gasteiger partial charge >= 0.3 is 0 Å². The summed E-state index contributed by atoms with van der Waals surface area (Å²) in [5.41, 5.74) is 3.94. The normalized spacial score (nSPS) is 12.7. The van der Waals surface area contributed by atoms with Crippen molar-refractivity contribution in [3.63, 3.8) is 0 Å².